The second kappa shape index (κ2) is 7.16. The van der Waals surface area contributed by atoms with Crippen LogP contribution in [0.2, 0.25) is 0 Å². The molecule has 2 nitrogen and oxygen atoms in total. The van der Waals surface area contributed by atoms with Crippen molar-refractivity contribution in [1.29, 1.82) is 0 Å². The van der Waals surface area contributed by atoms with Gasteiger partial charge in [0.2, 0.25) is 0 Å². The zero-order valence-corrected chi connectivity index (χ0v) is 15.8. The quantitative estimate of drug-likeness (QED) is 0.674. The average Bonchev–Trinajstić information content (AvgIpc) is 2.81. The lowest BCUT2D eigenvalue weighted by molar-refractivity contribution is 0.575. The molecule has 1 atom stereocenters. The average molecular weight is 418 g/mol. The Morgan fingerprint density at radius 3 is 2.70 bits per heavy atom. The molecule has 0 saturated carbocycles. The molecule has 108 valence electrons. The molecule has 0 radical (unpaired) electrons. The number of rotatable bonds is 5. The molecule has 1 aromatic carbocycles. The fourth-order valence-corrected chi connectivity index (χ4v) is 3.73. The molecule has 20 heavy (non-hydrogen) atoms. The fraction of sp³-hybridized carbons (Fsp3) is 0.400. The molecule has 0 saturated heterocycles. The van der Waals surface area contributed by atoms with Crippen molar-refractivity contribution >= 4 is 43.2 Å². The van der Waals surface area contributed by atoms with E-state index in [1.54, 1.807) is 11.3 Å². The maximum atomic E-state index is 4.72. The van der Waals surface area contributed by atoms with Gasteiger partial charge in [0.15, 0.2) is 0 Å². The molecule has 1 unspecified atom stereocenters. The Labute approximate surface area is 141 Å². The predicted molar refractivity (Wildman–Crippen MR) is 94.4 cm³/mol. The van der Waals surface area contributed by atoms with E-state index in [0.717, 1.165) is 38.2 Å². The van der Waals surface area contributed by atoms with E-state index >= 15 is 0 Å². The highest BCUT2D eigenvalue weighted by Gasteiger charge is 2.15. The summed E-state index contributed by atoms with van der Waals surface area (Å²) in [6, 6.07) is 6.62. The highest BCUT2D eigenvalue weighted by molar-refractivity contribution is 9.13. The molecular formula is C15H18Br2N2S. The van der Waals surface area contributed by atoms with Crippen molar-refractivity contribution in [3.8, 4) is 10.6 Å². The number of benzene rings is 1. The van der Waals surface area contributed by atoms with Gasteiger partial charge in [-0.15, -0.1) is 11.3 Å². The van der Waals surface area contributed by atoms with Gasteiger partial charge in [0.05, 0.1) is 5.69 Å². The van der Waals surface area contributed by atoms with Crippen molar-refractivity contribution in [3.63, 3.8) is 0 Å². The number of hydrogen-bond donors (Lipinski definition) is 1. The SMILES string of the molecule is CCCNC(C)c1sc(-c2ccc(Br)c(Br)c2)nc1C. The Kier molecular flexibility index (Phi) is 5.78. The van der Waals surface area contributed by atoms with Gasteiger partial charge in [-0.1, -0.05) is 13.0 Å². The van der Waals surface area contributed by atoms with Gasteiger partial charge in [-0.2, -0.15) is 0 Å². The first-order valence-electron chi connectivity index (χ1n) is 6.69. The largest absolute Gasteiger partial charge is 0.309 e. The first-order chi connectivity index (χ1) is 9.52. The summed E-state index contributed by atoms with van der Waals surface area (Å²) < 4.78 is 2.12. The van der Waals surface area contributed by atoms with E-state index in [4.69, 9.17) is 4.98 Å². The Hall–Kier alpha value is -0.230. The fourth-order valence-electron chi connectivity index (χ4n) is 2.02. The molecule has 2 aromatic rings. The maximum Gasteiger partial charge on any atom is 0.123 e. The second-order valence-corrected chi connectivity index (χ2v) is 7.51. The summed E-state index contributed by atoms with van der Waals surface area (Å²) in [6.07, 6.45) is 1.15. The Morgan fingerprint density at radius 2 is 2.05 bits per heavy atom. The molecule has 1 heterocycles. The highest BCUT2D eigenvalue weighted by atomic mass is 79.9. The van der Waals surface area contributed by atoms with Crippen LogP contribution in [0.3, 0.4) is 0 Å². The Balaban J connectivity index is 2.28. The minimum Gasteiger partial charge on any atom is -0.309 e. The lowest BCUT2D eigenvalue weighted by atomic mass is 10.2. The van der Waals surface area contributed by atoms with Crippen LogP contribution in [0.4, 0.5) is 0 Å². The van der Waals surface area contributed by atoms with Crippen LogP contribution in [0, 0.1) is 6.92 Å². The van der Waals surface area contributed by atoms with Gasteiger partial charge in [0, 0.05) is 25.4 Å². The van der Waals surface area contributed by atoms with Crippen LogP contribution in [-0.4, -0.2) is 11.5 Å². The second-order valence-electron chi connectivity index (χ2n) is 4.77. The van der Waals surface area contributed by atoms with Crippen LogP contribution < -0.4 is 5.32 Å². The van der Waals surface area contributed by atoms with Gasteiger partial charge in [-0.25, -0.2) is 4.98 Å². The topological polar surface area (TPSA) is 24.9 Å². The standard InChI is InChI=1S/C15H18Br2N2S/c1-4-7-18-9(2)14-10(3)19-15(20-14)11-5-6-12(16)13(17)8-11/h5-6,8-9,18H,4,7H2,1-3H3. The van der Waals surface area contributed by atoms with Gasteiger partial charge >= 0.3 is 0 Å². The predicted octanol–water partition coefficient (Wildman–Crippen LogP) is 5.70. The van der Waals surface area contributed by atoms with Gasteiger partial charge < -0.3 is 5.32 Å². The van der Waals surface area contributed by atoms with Gasteiger partial charge in [0.1, 0.15) is 5.01 Å². The molecule has 1 N–H and O–H groups in total. The zero-order valence-electron chi connectivity index (χ0n) is 11.8. The van der Waals surface area contributed by atoms with Crippen molar-refractivity contribution < 1.29 is 0 Å². The summed E-state index contributed by atoms with van der Waals surface area (Å²) in [5.41, 5.74) is 2.28. The molecule has 2 rings (SSSR count). The molecule has 0 fully saturated rings. The van der Waals surface area contributed by atoms with Crippen LogP contribution in [0.15, 0.2) is 27.1 Å². The van der Waals surface area contributed by atoms with E-state index in [9.17, 15) is 0 Å². The van der Waals surface area contributed by atoms with Crippen LogP contribution in [-0.2, 0) is 0 Å². The number of nitrogens with zero attached hydrogens (tertiary/aromatic N) is 1. The molecule has 0 spiro atoms. The summed E-state index contributed by atoms with van der Waals surface area (Å²) >= 11 is 8.82. The number of halogens is 2. The summed E-state index contributed by atoms with van der Waals surface area (Å²) in [6.45, 7) is 7.52. The Bertz CT molecular complexity index is 596. The van der Waals surface area contributed by atoms with E-state index in [-0.39, 0.29) is 0 Å². The molecule has 0 aliphatic rings. The van der Waals surface area contributed by atoms with E-state index < -0.39 is 0 Å². The van der Waals surface area contributed by atoms with Crippen molar-refractivity contribution in [2.45, 2.75) is 33.2 Å². The van der Waals surface area contributed by atoms with E-state index in [2.05, 4.69) is 76.1 Å². The highest BCUT2D eigenvalue weighted by Crippen LogP contribution is 2.34. The van der Waals surface area contributed by atoms with Crippen LogP contribution in [0.5, 0.6) is 0 Å². The lowest BCUT2D eigenvalue weighted by Crippen LogP contribution is -2.18. The number of aromatic nitrogens is 1. The minimum absolute atomic E-state index is 0.361. The third-order valence-electron chi connectivity index (χ3n) is 3.09. The van der Waals surface area contributed by atoms with Gasteiger partial charge in [-0.3, -0.25) is 0 Å². The number of thiazole rings is 1. The lowest BCUT2D eigenvalue weighted by Gasteiger charge is -2.11. The molecule has 0 bridgehead atoms. The molecule has 0 amide bonds. The van der Waals surface area contributed by atoms with Crippen LogP contribution in [0.25, 0.3) is 10.6 Å². The Morgan fingerprint density at radius 1 is 1.30 bits per heavy atom. The molecule has 5 heteroatoms. The van der Waals surface area contributed by atoms with Gasteiger partial charge in [-0.05, 0) is 70.8 Å². The summed E-state index contributed by atoms with van der Waals surface area (Å²) in [5, 5.41) is 4.61. The number of hydrogen-bond acceptors (Lipinski definition) is 3. The van der Waals surface area contributed by atoms with E-state index in [1.807, 2.05) is 0 Å². The zero-order chi connectivity index (χ0) is 14.7. The van der Waals surface area contributed by atoms with Crippen LogP contribution in [0.1, 0.15) is 36.9 Å². The first kappa shape index (κ1) is 16.1. The number of nitrogens with one attached hydrogen (secondary N) is 1. The summed E-state index contributed by atoms with van der Waals surface area (Å²) in [5.74, 6) is 0. The van der Waals surface area contributed by atoms with E-state index in [0.29, 0.717) is 6.04 Å². The van der Waals surface area contributed by atoms with E-state index in [1.165, 1.54) is 4.88 Å². The normalized spacial score (nSPS) is 12.7. The molecule has 0 aliphatic carbocycles. The third-order valence-corrected chi connectivity index (χ3v) is 6.36. The smallest absolute Gasteiger partial charge is 0.123 e. The van der Waals surface area contributed by atoms with Crippen molar-refractivity contribution in [1.82, 2.24) is 10.3 Å². The monoisotopic (exact) mass is 416 g/mol. The minimum atomic E-state index is 0.361. The maximum absolute atomic E-state index is 4.72. The van der Waals surface area contributed by atoms with Crippen molar-refractivity contribution in [2.75, 3.05) is 6.54 Å². The summed E-state index contributed by atoms with van der Waals surface area (Å²) in [4.78, 5) is 6.05. The van der Waals surface area contributed by atoms with Crippen molar-refractivity contribution in [3.05, 3.63) is 37.7 Å². The third kappa shape index (κ3) is 3.70. The molecule has 0 aliphatic heterocycles. The van der Waals surface area contributed by atoms with Crippen molar-refractivity contribution in [2.24, 2.45) is 0 Å². The summed E-state index contributed by atoms with van der Waals surface area (Å²) in [7, 11) is 0. The molecule has 1 aromatic heterocycles. The van der Waals surface area contributed by atoms with Crippen LogP contribution >= 0.6 is 43.2 Å². The molecular weight excluding hydrogens is 400 g/mol. The first-order valence-corrected chi connectivity index (χ1v) is 9.09. The van der Waals surface area contributed by atoms with Gasteiger partial charge in [0.25, 0.3) is 0 Å². The number of aryl methyl sites for hydroxylation is 1.